The number of carboxylic acid groups (broad SMARTS) is 1. The van der Waals surface area contributed by atoms with Crippen LogP contribution in [0.15, 0.2) is 12.1 Å². The minimum atomic E-state index is -0.879. The average Bonchev–Trinajstić information content (AvgIpc) is 2.19. The minimum Gasteiger partial charge on any atom is -0.494 e. The summed E-state index contributed by atoms with van der Waals surface area (Å²) in [7, 11) is 1.39. The lowest BCUT2D eigenvalue weighted by atomic mass is 9.81. The lowest BCUT2D eigenvalue weighted by Gasteiger charge is -2.24. The topological polar surface area (TPSA) is 46.5 Å². The summed E-state index contributed by atoms with van der Waals surface area (Å²) in [5.41, 5.74) is 0.658. The molecule has 4 heteroatoms. The van der Waals surface area contributed by atoms with Gasteiger partial charge in [-0.1, -0.05) is 19.9 Å². The van der Waals surface area contributed by atoms with Crippen molar-refractivity contribution in [2.75, 3.05) is 7.11 Å². The largest absolute Gasteiger partial charge is 0.494 e. The van der Waals surface area contributed by atoms with E-state index in [9.17, 15) is 9.18 Å². The quantitative estimate of drug-likeness (QED) is 0.880. The molecule has 0 radical (unpaired) electrons. The maximum absolute atomic E-state index is 13.6. The van der Waals surface area contributed by atoms with Gasteiger partial charge in [0.05, 0.1) is 13.5 Å². The molecule has 1 rings (SSSR count). The maximum Gasteiger partial charge on any atom is 0.304 e. The molecule has 17 heavy (non-hydrogen) atoms. The molecule has 0 aliphatic heterocycles. The van der Waals surface area contributed by atoms with Crippen LogP contribution in [0.5, 0.6) is 5.75 Å². The number of aryl methyl sites for hydroxylation is 1. The Labute approximate surface area is 100 Å². The van der Waals surface area contributed by atoms with Crippen LogP contribution in [0.2, 0.25) is 0 Å². The Morgan fingerprint density at radius 1 is 1.47 bits per heavy atom. The highest BCUT2D eigenvalue weighted by Crippen LogP contribution is 2.32. The van der Waals surface area contributed by atoms with Crippen molar-refractivity contribution in [3.8, 4) is 5.75 Å². The summed E-state index contributed by atoms with van der Waals surface area (Å²) in [5, 5.41) is 8.86. The fourth-order valence-corrected chi connectivity index (χ4v) is 1.76. The molecule has 0 spiro atoms. The first-order chi connectivity index (χ1) is 7.77. The molecule has 0 bridgehead atoms. The average molecular weight is 240 g/mol. The third-order valence-corrected chi connectivity index (χ3v) is 2.82. The Bertz CT molecular complexity index is 439. The number of carboxylic acids is 1. The summed E-state index contributed by atoms with van der Waals surface area (Å²) in [6.45, 7) is 5.26. The van der Waals surface area contributed by atoms with Gasteiger partial charge in [-0.2, -0.15) is 0 Å². The van der Waals surface area contributed by atoms with Crippen molar-refractivity contribution in [2.45, 2.75) is 32.6 Å². The molecule has 3 nitrogen and oxygen atoms in total. The Morgan fingerprint density at radius 2 is 2.06 bits per heavy atom. The van der Waals surface area contributed by atoms with Gasteiger partial charge < -0.3 is 9.84 Å². The molecule has 0 aromatic heterocycles. The second kappa shape index (κ2) is 4.73. The Hall–Kier alpha value is -1.58. The first-order valence-corrected chi connectivity index (χ1v) is 5.34. The zero-order valence-electron chi connectivity index (χ0n) is 10.5. The van der Waals surface area contributed by atoms with Crippen LogP contribution in [0, 0.1) is 12.7 Å². The molecule has 1 aromatic rings. The van der Waals surface area contributed by atoms with E-state index in [0.717, 1.165) is 5.56 Å². The van der Waals surface area contributed by atoms with E-state index in [0.29, 0.717) is 5.56 Å². The van der Waals surface area contributed by atoms with Crippen molar-refractivity contribution in [2.24, 2.45) is 0 Å². The number of methoxy groups -OCH3 is 1. The second-order valence-corrected chi connectivity index (χ2v) is 4.76. The van der Waals surface area contributed by atoms with Crippen LogP contribution in [0.25, 0.3) is 0 Å². The SMILES string of the molecule is COc1cc(C(C)(C)CC(=O)O)cc(C)c1F. The van der Waals surface area contributed by atoms with E-state index < -0.39 is 17.2 Å². The van der Waals surface area contributed by atoms with Gasteiger partial charge in [0.15, 0.2) is 11.6 Å². The Kier molecular flexibility index (Phi) is 3.76. The van der Waals surface area contributed by atoms with Crippen LogP contribution in [0.1, 0.15) is 31.4 Å². The van der Waals surface area contributed by atoms with Crippen molar-refractivity contribution >= 4 is 5.97 Å². The van der Waals surface area contributed by atoms with E-state index in [1.807, 2.05) is 13.8 Å². The zero-order chi connectivity index (χ0) is 13.2. The number of carbonyl (C=O) groups is 1. The van der Waals surface area contributed by atoms with Crippen LogP contribution in [-0.4, -0.2) is 18.2 Å². The van der Waals surface area contributed by atoms with Crippen LogP contribution in [-0.2, 0) is 10.2 Å². The number of hydrogen-bond acceptors (Lipinski definition) is 2. The van der Waals surface area contributed by atoms with Crippen LogP contribution >= 0.6 is 0 Å². The molecular formula is C13H17FO3. The van der Waals surface area contributed by atoms with E-state index in [-0.39, 0.29) is 12.2 Å². The predicted molar refractivity (Wildman–Crippen MR) is 63.0 cm³/mol. The molecule has 0 fully saturated rings. The molecule has 0 atom stereocenters. The highest BCUT2D eigenvalue weighted by Gasteiger charge is 2.26. The number of rotatable bonds is 4. The van der Waals surface area contributed by atoms with Gasteiger partial charge >= 0.3 is 5.97 Å². The van der Waals surface area contributed by atoms with Crippen molar-refractivity contribution in [1.29, 1.82) is 0 Å². The number of halogens is 1. The molecular weight excluding hydrogens is 223 g/mol. The lowest BCUT2D eigenvalue weighted by Crippen LogP contribution is -2.22. The molecule has 1 aromatic carbocycles. The van der Waals surface area contributed by atoms with Gasteiger partial charge in [-0.05, 0) is 24.1 Å². The molecule has 0 saturated heterocycles. The zero-order valence-corrected chi connectivity index (χ0v) is 10.5. The highest BCUT2D eigenvalue weighted by molar-refractivity contribution is 5.69. The number of aliphatic carboxylic acids is 1. The van der Waals surface area contributed by atoms with Crippen LogP contribution in [0.4, 0.5) is 4.39 Å². The fraction of sp³-hybridized carbons (Fsp3) is 0.462. The minimum absolute atomic E-state index is 0.0127. The Morgan fingerprint density at radius 3 is 2.53 bits per heavy atom. The van der Waals surface area contributed by atoms with Crippen LogP contribution in [0.3, 0.4) is 0 Å². The monoisotopic (exact) mass is 240 g/mol. The van der Waals surface area contributed by atoms with E-state index in [4.69, 9.17) is 9.84 Å². The first-order valence-electron chi connectivity index (χ1n) is 5.34. The molecule has 0 saturated carbocycles. The summed E-state index contributed by atoms with van der Waals surface area (Å²) in [6, 6.07) is 3.23. The molecule has 94 valence electrons. The van der Waals surface area contributed by atoms with Crippen molar-refractivity contribution in [1.82, 2.24) is 0 Å². The van der Waals surface area contributed by atoms with Crippen molar-refractivity contribution in [3.05, 3.63) is 29.1 Å². The fourth-order valence-electron chi connectivity index (χ4n) is 1.76. The van der Waals surface area contributed by atoms with E-state index in [2.05, 4.69) is 0 Å². The number of ether oxygens (including phenoxy) is 1. The number of hydrogen-bond donors (Lipinski definition) is 1. The van der Waals surface area contributed by atoms with Crippen molar-refractivity contribution < 1.29 is 19.0 Å². The van der Waals surface area contributed by atoms with Gasteiger partial charge in [0.25, 0.3) is 0 Å². The molecule has 0 aliphatic carbocycles. The molecule has 0 amide bonds. The third-order valence-electron chi connectivity index (χ3n) is 2.82. The summed E-state index contributed by atoms with van der Waals surface area (Å²) < 4.78 is 18.5. The molecule has 0 aliphatic rings. The smallest absolute Gasteiger partial charge is 0.304 e. The maximum atomic E-state index is 13.6. The first kappa shape index (κ1) is 13.5. The standard InChI is InChI=1S/C13H17FO3/c1-8-5-9(6-10(17-4)12(8)14)13(2,3)7-11(15)16/h5-6H,7H2,1-4H3,(H,15,16). The third kappa shape index (κ3) is 2.96. The lowest BCUT2D eigenvalue weighted by molar-refractivity contribution is -0.138. The van der Waals surface area contributed by atoms with Crippen LogP contribution < -0.4 is 4.74 Å². The van der Waals surface area contributed by atoms with Crippen molar-refractivity contribution in [3.63, 3.8) is 0 Å². The van der Waals surface area contributed by atoms with E-state index in [1.165, 1.54) is 7.11 Å². The van der Waals surface area contributed by atoms with E-state index in [1.54, 1.807) is 19.1 Å². The van der Waals surface area contributed by atoms with Gasteiger partial charge in [-0.15, -0.1) is 0 Å². The summed E-state index contributed by atoms with van der Waals surface area (Å²) in [4.78, 5) is 10.8. The normalized spacial score (nSPS) is 11.4. The van der Waals surface area contributed by atoms with E-state index >= 15 is 0 Å². The predicted octanol–water partition coefficient (Wildman–Crippen LogP) is 2.90. The van der Waals surface area contributed by atoms with Gasteiger partial charge in [0, 0.05) is 5.41 Å². The summed E-state index contributed by atoms with van der Waals surface area (Å²) in [6.07, 6.45) is -0.0127. The molecule has 1 N–H and O–H groups in total. The highest BCUT2D eigenvalue weighted by atomic mass is 19.1. The molecule has 0 heterocycles. The number of benzene rings is 1. The summed E-state index contributed by atoms with van der Waals surface area (Å²) >= 11 is 0. The van der Waals surface area contributed by atoms with Gasteiger partial charge in [-0.25, -0.2) is 4.39 Å². The van der Waals surface area contributed by atoms with Gasteiger partial charge in [0.1, 0.15) is 0 Å². The van der Waals surface area contributed by atoms with Gasteiger partial charge in [-0.3, -0.25) is 4.79 Å². The second-order valence-electron chi connectivity index (χ2n) is 4.76. The summed E-state index contributed by atoms with van der Waals surface area (Å²) in [5.74, 6) is -1.13. The molecule has 0 unspecified atom stereocenters. The van der Waals surface area contributed by atoms with Gasteiger partial charge in [0.2, 0.25) is 0 Å². The Balaban J connectivity index is 3.22.